The number of ether oxygens (including phenoxy) is 1. The van der Waals surface area contributed by atoms with Crippen molar-refractivity contribution in [3.05, 3.63) is 11.8 Å². The van der Waals surface area contributed by atoms with Crippen molar-refractivity contribution < 1.29 is 4.74 Å². The van der Waals surface area contributed by atoms with Crippen LogP contribution in [0, 0.1) is 6.92 Å². The number of anilines is 1. The van der Waals surface area contributed by atoms with Crippen molar-refractivity contribution in [3.63, 3.8) is 0 Å². The number of aromatic nitrogens is 2. The average Bonchev–Trinajstić information content (AvgIpc) is 2.17. The SMILES string of the molecule is COc1cc(C)nc(NC(C)CCN)n1. The number of nitrogens with two attached hydrogens (primary N) is 1. The molecule has 5 heteroatoms. The van der Waals surface area contributed by atoms with Gasteiger partial charge in [-0.05, 0) is 26.8 Å². The molecule has 0 radical (unpaired) electrons. The molecule has 0 bridgehead atoms. The number of rotatable bonds is 5. The predicted molar refractivity (Wildman–Crippen MR) is 60.1 cm³/mol. The second kappa shape index (κ2) is 5.50. The fraction of sp³-hybridized carbons (Fsp3) is 0.600. The van der Waals surface area contributed by atoms with Gasteiger partial charge in [-0.15, -0.1) is 0 Å². The lowest BCUT2D eigenvalue weighted by molar-refractivity contribution is 0.397. The smallest absolute Gasteiger partial charge is 0.226 e. The molecule has 0 aliphatic heterocycles. The molecule has 0 aliphatic carbocycles. The Morgan fingerprint density at radius 1 is 1.53 bits per heavy atom. The quantitative estimate of drug-likeness (QED) is 0.756. The van der Waals surface area contributed by atoms with Crippen LogP contribution in [0.5, 0.6) is 5.88 Å². The number of aryl methyl sites for hydroxylation is 1. The van der Waals surface area contributed by atoms with Gasteiger partial charge in [0.15, 0.2) is 0 Å². The van der Waals surface area contributed by atoms with Crippen LogP contribution in [0.15, 0.2) is 6.07 Å². The predicted octanol–water partition coefficient (Wildman–Crippen LogP) is 0.943. The van der Waals surface area contributed by atoms with Crippen molar-refractivity contribution >= 4 is 5.95 Å². The molecule has 84 valence electrons. The van der Waals surface area contributed by atoms with E-state index in [0.717, 1.165) is 12.1 Å². The molecule has 3 N–H and O–H groups in total. The first-order chi connectivity index (χ1) is 7.15. The Labute approximate surface area is 90.1 Å². The molecular formula is C10H18N4O. The minimum atomic E-state index is 0.265. The summed E-state index contributed by atoms with van der Waals surface area (Å²) < 4.78 is 5.06. The van der Waals surface area contributed by atoms with Gasteiger partial charge in [-0.1, -0.05) is 0 Å². The Hall–Kier alpha value is -1.36. The minimum absolute atomic E-state index is 0.265. The van der Waals surface area contributed by atoms with Crippen molar-refractivity contribution in [2.75, 3.05) is 19.0 Å². The largest absolute Gasteiger partial charge is 0.481 e. The molecule has 1 heterocycles. The molecule has 1 aromatic heterocycles. The van der Waals surface area contributed by atoms with Crippen LogP contribution in [0.1, 0.15) is 19.0 Å². The van der Waals surface area contributed by atoms with Crippen molar-refractivity contribution in [3.8, 4) is 5.88 Å². The Morgan fingerprint density at radius 2 is 2.27 bits per heavy atom. The number of hydrogen-bond acceptors (Lipinski definition) is 5. The van der Waals surface area contributed by atoms with E-state index in [0.29, 0.717) is 18.4 Å². The van der Waals surface area contributed by atoms with Gasteiger partial charge in [0.2, 0.25) is 11.8 Å². The van der Waals surface area contributed by atoms with Crippen LogP contribution in [0.2, 0.25) is 0 Å². The van der Waals surface area contributed by atoms with Gasteiger partial charge in [0.05, 0.1) is 7.11 Å². The number of nitrogens with one attached hydrogen (secondary N) is 1. The summed E-state index contributed by atoms with van der Waals surface area (Å²) in [5.41, 5.74) is 6.34. The molecule has 1 unspecified atom stereocenters. The van der Waals surface area contributed by atoms with E-state index in [2.05, 4.69) is 15.3 Å². The lowest BCUT2D eigenvalue weighted by Crippen LogP contribution is -2.21. The maximum atomic E-state index is 5.46. The number of nitrogens with zero attached hydrogens (tertiary/aromatic N) is 2. The van der Waals surface area contributed by atoms with E-state index in [9.17, 15) is 0 Å². The summed E-state index contributed by atoms with van der Waals surface area (Å²) in [6.07, 6.45) is 0.889. The Bertz CT molecular complexity index is 316. The van der Waals surface area contributed by atoms with E-state index in [-0.39, 0.29) is 6.04 Å². The van der Waals surface area contributed by atoms with E-state index < -0.39 is 0 Å². The standard InChI is InChI=1S/C10H18N4O/c1-7(4-5-11)12-10-13-8(2)6-9(14-10)15-3/h6-7H,4-5,11H2,1-3H3,(H,12,13,14). The molecular weight excluding hydrogens is 192 g/mol. The summed E-state index contributed by atoms with van der Waals surface area (Å²) in [5, 5.41) is 3.18. The van der Waals surface area contributed by atoms with Crippen LogP contribution in [0.4, 0.5) is 5.95 Å². The van der Waals surface area contributed by atoms with Crippen LogP contribution in [0.25, 0.3) is 0 Å². The van der Waals surface area contributed by atoms with E-state index in [1.54, 1.807) is 13.2 Å². The summed E-state index contributed by atoms with van der Waals surface area (Å²) in [7, 11) is 1.59. The lowest BCUT2D eigenvalue weighted by atomic mass is 10.2. The first-order valence-corrected chi connectivity index (χ1v) is 5.02. The van der Waals surface area contributed by atoms with Crippen molar-refractivity contribution in [1.82, 2.24) is 9.97 Å². The summed E-state index contributed by atoms with van der Waals surface area (Å²) in [6, 6.07) is 2.06. The van der Waals surface area contributed by atoms with E-state index in [4.69, 9.17) is 10.5 Å². The monoisotopic (exact) mass is 210 g/mol. The third-order valence-corrected chi connectivity index (χ3v) is 2.02. The maximum Gasteiger partial charge on any atom is 0.226 e. The molecule has 0 saturated carbocycles. The average molecular weight is 210 g/mol. The van der Waals surface area contributed by atoms with Crippen molar-refractivity contribution in [2.45, 2.75) is 26.3 Å². The molecule has 15 heavy (non-hydrogen) atoms. The first-order valence-electron chi connectivity index (χ1n) is 5.02. The summed E-state index contributed by atoms with van der Waals surface area (Å²) in [4.78, 5) is 8.45. The summed E-state index contributed by atoms with van der Waals surface area (Å²) in [5.74, 6) is 1.16. The van der Waals surface area contributed by atoms with Gasteiger partial charge in [0, 0.05) is 17.8 Å². The van der Waals surface area contributed by atoms with Gasteiger partial charge in [-0.25, -0.2) is 4.98 Å². The van der Waals surface area contributed by atoms with Crippen molar-refractivity contribution in [2.24, 2.45) is 5.73 Å². The fourth-order valence-electron chi connectivity index (χ4n) is 1.25. The maximum absolute atomic E-state index is 5.46. The normalized spacial score (nSPS) is 12.3. The molecule has 0 fully saturated rings. The van der Waals surface area contributed by atoms with Gasteiger partial charge in [0.25, 0.3) is 0 Å². The van der Waals surface area contributed by atoms with Gasteiger partial charge in [-0.3, -0.25) is 0 Å². The molecule has 1 aromatic rings. The van der Waals surface area contributed by atoms with E-state index >= 15 is 0 Å². The molecule has 0 saturated heterocycles. The Balaban J connectivity index is 2.71. The van der Waals surface area contributed by atoms with Gasteiger partial charge >= 0.3 is 0 Å². The molecule has 0 spiro atoms. The second-order valence-electron chi connectivity index (χ2n) is 3.50. The van der Waals surface area contributed by atoms with Gasteiger partial charge in [-0.2, -0.15) is 4.98 Å². The molecule has 1 rings (SSSR count). The lowest BCUT2D eigenvalue weighted by Gasteiger charge is -2.13. The number of methoxy groups -OCH3 is 1. The molecule has 0 aliphatic rings. The highest BCUT2D eigenvalue weighted by atomic mass is 16.5. The van der Waals surface area contributed by atoms with Crippen LogP contribution < -0.4 is 15.8 Å². The van der Waals surface area contributed by atoms with Crippen molar-refractivity contribution in [1.29, 1.82) is 0 Å². The van der Waals surface area contributed by atoms with E-state index in [1.165, 1.54) is 0 Å². The van der Waals surface area contributed by atoms with Crippen LogP contribution in [0.3, 0.4) is 0 Å². The third-order valence-electron chi connectivity index (χ3n) is 2.02. The van der Waals surface area contributed by atoms with Crippen LogP contribution >= 0.6 is 0 Å². The molecule has 1 atom stereocenters. The Morgan fingerprint density at radius 3 is 2.87 bits per heavy atom. The zero-order valence-electron chi connectivity index (χ0n) is 9.45. The fourth-order valence-corrected chi connectivity index (χ4v) is 1.25. The topological polar surface area (TPSA) is 73.1 Å². The molecule has 5 nitrogen and oxygen atoms in total. The molecule has 0 amide bonds. The first kappa shape index (κ1) is 11.7. The molecule has 0 aromatic carbocycles. The van der Waals surface area contributed by atoms with Crippen LogP contribution in [-0.4, -0.2) is 29.7 Å². The minimum Gasteiger partial charge on any atom is -0.481 e. The van der Waals surface area contributed by atoms with Crippen LogP contribution in [-0.2, 0) is 0 Å². The van der Waals surface area contributed by atoms with E-state index in [1.807, 2.05) is 13.8 Å². The third kappa shape index (κ3) is 3.71. The highest BCUT2D eigenvalue weighted by Gasteiger charge is 2.05. The summed E-state index contributed by atoms with van der Waals surface area (Å²) >= 11 is 0. The van der Waals surface area contributed by atoms with Gasteiger partial charge in [0.1, 0.15) is 0 Å². The zero-order valence-corrected chi connectivity index (χ0v) is 9.45. The highest BCUT2D eigenvalue weighted by molar-refractivity contribution is 5.31. The number of hydrogen-bond donors (Lipinski definition) is 2. The highest BCUT2D eigenvalue weighted by Crippen LogP contribution is 2.12. The summed E-state index contributed by atoms with van der Waals surface area (Å²) in [6.45, 7) is 4.60. The second-order valence-corrected chi connectivity index (χ2v) is 3.50. The zero-order chi connectivity index (χ0) is 11.3. The van der Waals surface area contributed by atoms with Gasteiger partial charge < -0.3 is 15.8 Å². The Kier molecular flexibility index (Phi) is 4.30.